The van der Waals surface area contributed by atoms with Crippen LogP contribution in [0.4, 0.5) is 5.13 Å². The van der Waals surface area contributed by atoms with Gasteiger partial charge in [0, 0.05) is 11.1 Å². The monoisotopic (exact) mass is 451 g/mol. The lowest BCUT2D eigenvalue weighted by Gasteiger charge is -2.18. The first-order valence-electron chi connectivity index (χ1n) is 9.69. The van der Waals surface area contributed by atoms with Crippen LogP contribution in [0.15, 0.2) is 83.9 Å². The van der Waals surface area contributed by atoms with Crippen LogP contribution in [0.1, 0.15) is 10.4 Å². The van der Waals surface area contributed by atoms with Crippen molar-refractivity contribution in [2.45, 2.75) is 24.3 Å². The molecule has 0 aliphatic rings. The molecule has 1 heterocycles. The van der Waals surface area contributed by atoms with Crippen molar-refractivity contribution in [1.82, 2.24) is 9.71 Å². The fraction of sp³-hybridized carbons (Fsp3) is 0.130. The number of sulfonamides is 1. The lowest BCUT2D eigenvalue weighted by molar-refractivity contribution is -0.117. The number of carbonyl (C=O) groups is 1. The Morgan fingerprint density at radius 3 is 2.42 bits per heavy atom. The van der Waals surface area contributed by atoms with Crippen molar-refractivity contribution in [3.8, 4) is 0 Å². The molecule has 0 fully saturated rings. The molecule has 3 aromatic carbocycles. The molecule has 31 heavy (non-hydrogen) atoms. The quantitative estimate of drug-likeness (QED) is 0.442. The van der Waals surface area contributed by atoms with Gasteiger partial charge in [0.25, 0.3) is 0 Å². The molecule has 0 spiro atoms. The third-order valence-corrected chi connectivity index (χ3v) is 7.08. The molecule has 8 heteroatoms. The van der Waals surface area contributed by atoms with E-state index in [1.54, 1.807) is 24.4 Å². The summed E-state index contributed by atoms with van der Waals surface area (Å²) in [6.07, 6.45) is 1.87. The van der Waals surface area contributed by atoms with E-state index in [0.717, 1.165) is 21.2 Å². The van der Waals surface area contributed by atoms with Crippen LogP contribution in [0.5, 0.6) is 0 Å². The van der Waals surface area contributed by atoms with Crippen LogP contribution in [-0.2, 0) is 21.2 Å². The number of fused-ring (bicyclic) bond motifs is 1. The SMILES string of the molecule is Cc1cnc(NC(=O)C(Cc2ccccc2)NS(=O)(=O)c2ccc3ccccc3c2)s1. The van der Waals surface area contributed by atoms with Gasteiger partial charge in [-0.15, -0.1) is 11.3 Å². The molecule has 1 aromatic heterocycles. The van der Waals surface area contributed by atoms with E-state index in [-0.39, 0.29) is 11.3 Å². The van der Waals surface area contributed by atoms with Crippen LogP contribution in [0.3, 0.4) is 0 Å². The molecule has 0 aliphatic heterocycles. The number of hydrogen-bond donors (Lipinski definition) is 2. The van der Waals surface area contributed by atoms with E-state index < -0.39 is 22.0 Å². The van der Waals surface area contributed by atoms with Gasteiger partial charge in [0.15, 0.2) is 5.13 Å². The summed E-state index contributed by atoms with van der Waals surface area (Å²) in [5.74, 6) is -0.456. The first-order chi connectivity index (χ1) is 14.9. The van der Waals surface area contributed by atoms with E-state index >= 15 is 0 Å². The highest BCUT2D eigenvalue weighted by atomic mass is 32.2. The molecule has 0 saturated carbocycles. The van der Waals surface area contributed by atoms with Crippen molar-refractivity contribution in [3.63, 3.8) is 0 Å². The predicted molar refractivity (Wildman–Crippen MR) is 124 cm³/mol. The van der Waals surface area contributed by atoms with E-state index in [9.17, 15) is 13.2 Å². The number of thiazole rings is 1. The van der Waals surface area contributed by atoms with Crippen LogP contribution >= 0.6 is 11.3 Å². The third-order valence-electron chi connectivity index (χ3n) is 4.78. The summed E-state index contributed by atoms with van der Waals surface area (Å²) < 4.78 is 28.9. The molecule has 1 amide bonds. The number of hydrogen-bond acceptors (Lipinski definition) is 5. The van der Waals surface area contributed by atoms with E-state index in [1.165, 1.54) is 11.3 Å². The van der Waals surface area contributed by atoms with Gasteiger partial charge in [-0.2, -0.15) is 4.72 Å². The second-order valence-corrected chi connectivity index (χ2v) is 10.1. The van der Waals surface area contributed by atoms with Gasteiger partial charge in [-0.3, -0.25) is 4.79 Å². The lowest BCUT2D eigenvalue weighted by Crippen LogP contribution is -2.45. The maximum absolute atomic E-state index is 13.1. The van der Waals surface area contributed by atoms with Gasteiger partial charge in [-0.05, 0) is 41.8 Å². The molecule has 4 aromatic rings. The zero-order valence-corrected chi connectivity index (χ0v) is 18.4. The number of rotatable bonds is 7. The molecule has 4 rings (SSSR count). The molecule has 1 atom stereocenters. The van der Waals surface area contributed by atoms with Gasteiger partial charge in [0.05, 0.1) is 4.90 Å². The summed E-state index contributed by atoms with van der Waals surface area (Å²) in [6, 6.07) is 20.7. The fourth-order valence-corrected chi connectivity index (χ4v) is 5.13. The summed E-state index contributed by atoms with van der Waals surface area (Å²) in [7, 11) is -3.93. The number of nitrogens with zero attached hydrogens (tertiary/aromatic N) is 1. The van der Waals surface area contributed by atoms with Gasteiger partial charge >= 0.3 is 0 Å². The maximum Gasteiger partial charge on any atom is 0.244 e. The highest BCUT2D eigenvalue weighted by molar-refractivity contribution is 7.89. The van der Waals surface area contributed by atoms with Crippen LogP contribution < -0.4 is 10.0 Å². The van der Waals surface area contributed by atoms with E-state index in [0.29, 0.717) is 5.13 Å². The Morgan fingerprint density at radius 2 is 1.71 bits per heavy atom. The predicted octanol–water partition coefficient (Wildman–Crippen LogP) is 4.13. The maximum atomic E-state index is 13.1. The minimum atomic E-state index is -3.93. The Labute approximate surface area is 185 Å². The normalized spacial score (nSPS) is 12.5. The fourth-order valence-electron chi connectivity index (χ4n) is 3.23. The molecule has 0 saturated heterocycles. The van der Waals surface area contributed by atoms with Crippen molar-refractivity contribution >= 4 is 43.2 Å². The minimum absolute atomic E-state index is 0.113. The minimum Gasteiger partial charge on any atom is -0.301 e. The third kappa shape index (κ3) is 5.16. The first-order valence-corrected chi connectivity index (χ1v) is 12.0. The molecule has 2 N–H and O–H groups in total. The van der Waals surface area contributed by atoms with Crippen molar-refractivity contribution < 1.29 is 13.2 Å². The van der Waals surface area contributed by atoms with Crippen molar-refractivity contribution in [2.24, 2.45) is 0 Å². The Morgan fingerprint density at radius 1 is 1.00 bits per heavy atom. The molecule has 0 aliphatic carbocycles. The summed E-state index contributed by atoms with van der Waals surface area (Å²) in [5.41, 5.74) is 0.846. The Bertz CT molecular complexity index is 1320. The molecule has 1 unspecified atom stereocenters. The average molecular weight is 452 g/mol. The number of carbonyl (C=O) groups excluding carboxylic acids is 1. The zero-order valence-electron chi connectivity index (χ0n) is 16.8. The van der Waals surface area contributed by atoms with Gasteiger partial charge < -0.3 is 5.32 Å². The van der Waals surface area contributed by atoms with E-state index in [1.807, 2.05) is 61.5 Å². The second-order valence-electron chi connectivity index (χ2n) is 7.14. The zero-order chi connectivity index (χ0) is 21.8. The number of nitrogens with one attached hydrogen (secondary N) is 2. The topological polar surface area (TPSA) is 88.2 Å². The summed E-state index contributed by atoms with van der Waals surface area (Å²) in [5, 5.41) is 4.92. The Hall–Kier alpha value is -3.07. The summed E-state index contributed by atoms with van der Waals surface area (Å²) in [4.78, 5) is 18.2. The Kier molecular flexibility index (Phi) is 6.13. The van der Waals surface area contributed by atoms with Crippen molar-refractivity contribution in [3.05, 3.63) is 89.4 Å². The number of amides is 1. The number of benzene rings is 3. The van der Waals surface area contributed by atoms with Crippen molar-refractivity contribution in [2.75, 3.05) is 5.32 Å². The first kappa shape index (κ1) is 21.2. The number of anilines is 1. The molecule has 0 bridgehead atoms. The average Bonchev–Trinajstić information content (AvgIpc) is 3.18. The van der Waals surface area contributed by atoms with Crippen LogP contribution in [0, 0.1) is 6.92 Å². The van der Waals surface area contributed by atoms with Gasteiger partial charge in [-0.25, -0.2) is 13.4 Å². The van der Waals surface area contributed by atoms with Gasteiger partial charge in [0.2, 0.25) is 15.9 Å². The van der Waals surface area contributed by atoms with Gasteiger partial charge in [0.1, 0.15) is 6.04 Å². The van der Waals surface area contributed by atoms with Gasteiger partial charge in [-0.1, -0.05) is 60.7 Å². The molecule has 0 radical (unpaired) electrons. The Balaban J connectivity index is 1.62. The molecule has 6 nitrogen and oxygen atoms in total. The van der Waals surface area contributed by atoms with Crippen molar-refractivity contribution in [1.29, 1.82) is 0 Å². The number of aromatic nitrogens is 1. The van der Waals surface area contributed by atoms with E-state index in [2.05, 4.69) is 15.0 Å². The lowest BCUT2D eigenvalue weighted by atomic mass is 10.1. The largest absolute Gasteiger partial charge is 0.301 e. The van der Waals surface area contributed by atoms with Crippen LogP contribution in [0.2, 0.25) is 0 Å². The number of aryl methyl sites for hydroxylation is 1. The second kappa shape index (κ2) is 8.97. The van der Waals surface area contributed by atoms with E-state index in [4.69, 9.17) is 0 Å². The molecule has 158 valence electrons. The molecular formula is C23H21N3O3S2. The highest BCUT2D eigenvalue weighted by Crippen LogP contribution is 2.21. The summed E-state index contributed by atoms with van der Waals surface area (Å²) >= 11 is 1.34. The smallest absolute Gasteiger partial charge is 0.244 e. The van der Waals surface area contributed by atoms with Crippen LogP contribution in [0.25, 0.3) is 10.8 Å². The highest BCUT2D eigenvalue weighted by Gasteiger charge is 2.27. The summed E-state index contributed by atoms with van der Waals surface area (Å²) in [6.45, 7) is 1.89. The standard InChI is InChI=1S/C23H21N3O3S2/c1-16-15-24-23(30-16)25-22(27)21(13-17-7-3-2-4-8-17)26-31(28,29)20-12-11-18-9-5-6-10-19(18)14-20/h2-12,14-15,21,26H,13H2,1H3,(H,24,25,27). The van der Waals surface area contributed by atoms with Crippen LogP contribution in [-0.4, -0.2) is 25.4 Å². The molecular weight excluding hydrogens is 430 g/mol.